The molecule has 0 N–H and O–H groups in total. The smallest absolute Gasteiger partial charge is 0.414 e. The van der Waals surface area contributed by atoms with Gasteiger partial charge in [0.05, 0.1) is 11.3 Å². The Morgan fingerprint density at radius 2 is 1.73 bits per heavy atom. The molecule has 0 spiro atoms. The minimum atomic E-state index is -0.439. The highest BCUT2D eigenvalue weighted by Gasteiger charge is 2.24. The number of benzene rings is 3. The first-order valence-corrected chi connectivity index (χ1v) is 9.79. The summed E-state index contributed by atoms with van der Waals surface area (Å²) in [5, 5.41) is 2.00. The number of hydrogen-bond acceptors (Lipinski definition) is 4. The Bertz CT molecular complexity index is 1320. The van der Waals surface area contributed by atoms with Crippen LogP contribution in [0, 0.1) is 0 Å². The number of carbonyl (C=O) groups is 1. The summed E-state index contributed by atoms with van der Waals surface area (Å²) in [7, 11) is 3.31. The van der Waals surface area contributed by atoms with Gasteiger partial charge in [0.15, 0.2) is 0 Å². The van der Waals surface area contributed by atoms with E-state index in [0.29, 0.717) is 11.5 Å². The van der Waals surface area contributed by atoms with Gasteiger partial charge in [0, 0.05) is 42.7 Å². The third-order valence-corrected chi connectivity index (χ3v) is 5.19. The lowest BCUT2D eigenvalue weighted by molar-refractivity contribution is 0.171. The molecule has 1 amide bonds. The van der Waals surface area contributed by atoms with E-state index in [0.717, 1.165) is 45.0 Å². The number of para-hydroxylation sites is 2. The Morgan fingerprint density at radius 3 is 2.57 bits per heavy atom. The van der Waals surface area contributed by atoms with Crippen LogP contribution in [0.4, 0.5) is 10.5 Å². The van der Waals surface area contributed by atoms with E-state index in [1.54, 1.807) is 20.2 Å². The van der Waals surface area contributed by atoms with Crippen LogP contribution in [0.15, 0.2) is 65.7 Å². The van der Waals surface area contributed by atoms with Gasteiger partial charge in [-0.2, -0.15) is 0 Å². The van der Waals surface area contributed by atoms with E-state index in [-0.39, 0.29) is 0 Å². The van der Waals surface area contributed by atoms with Crippen LogP contribution in [0.25, 0.3) is 23.0 Å². The Morgan fingerprint density at radius 1 is 0.967 bits per heavy atom. The second-order valence-corrected chi connectivity index (χ2v) is 7.36. The topological polar surface area (TPSA) is 51.1 Å². The lowest BCUT2D eigenvalue weighted by Crippen LogP contribution is -2.35. The molecule has 0 saturated carbocycles. The first-order valence-electron chi connectivity index (χ1n) is 9.79. The molecule has 2 heterocycles. The van der Waals surface area contributed by atoms with Crippen LogP contribution in [-0.4, -0.2) is 31.3 Å². The second kappa shape index (κ2) is 7.19. The summed E-state index contributed by atoms with van der Waals surface area (Å²) >= 11 is 0. The van der Waals surface area contributed by atoms with E-state index in [9.17, 15) is 4.79 Å². The van der Waals surface area contributed by atoms with Crippen LogP contribution in [0.3, 0.4) is 0 Å². The molecule has 0 saturated heterocycles. The minimum Gasteiger partial charge on any atom is -0.455 e. The molecule has 2 aliphatic rings. The van der Waals surface area contributed by atoms with Crippen molar-refractivity contribution in [3.63, 3.8) is 0 Å². The molecule has 5 nitrogen and oxygen atoms in total. The molecule has 5 rings (SSSR count). The van der Waals surface area contributed by atoms with Crippen molar-refractivity contribution in [3.8, 4) is 22.6 Å². The number of fused-ring (bicyclic) bond motifs is 5. The van der Waals surface area contributed by atoms with Gasteiger partial charge in [0.25, 0.3) is 0 Å². The van der Waals surface area contributed by atoms with Gasteiger partial charge in [0.1, 0.15) is 17.3 Å². The van der Waals surface area contributed by atoms with Crippen LogP contribution >= 0.6 is 0 Å². The predicted octanol–water partition coefficient (Wildman–Crippen LogP) is 3.85. The molecule has 0 aliphatic carbocycles. The van der Waals surface area contributed by atoms with E-state index in [1.807, 2.05) is 48.7 Å². The van der Waals surface area contributed by atoms with Crippen molar-refractivity contribution in [2.45, 2.75) is 6.42 Å². The first-order chi connectivity index (χ1) is 14.6. The lowest BCUT2D eigenvalue weighted by atomic mass is 9.94. The highest BCUT2D eigenvalue weighted by Crippen LogP contribution is 2.36. The van der Waals surface area contributed by atoms with Crippen molar-refractivity contribution < 1.29 is 14.3 Å². The molecule has 0 unspecified atom stereocenters. The van der Waals surface area contributed by atoms with E-state index in [4.69, 9.17) is 9.47 Å². The van der Waals surface area contributed by atoms with Crippen molar-refractivity contribution in [2.24, 2.45) is 4.99 Å². The highest BCUT2D eigenvalue weighted by molar-refractivity contribution is 5.85. The van der Waals surface area contributed by atoms with Gasteiger partial charge < -0.3 is 14.4 Å². The SMILES string of the molecule is CN(C)C(=O)Oc1ccccc1C1=c2c(ccc3c2=CCC=N3)-c2ccccc2O1. The van der Waals surface area contributed by atoms with E-state index < -0.39 is 6.09 Å². The number of carbonyl (C=O) groups excluding carboxylic acids is 1. The second-order valence-electron chi connectivity index (χ2n) is 7.36. The summed E-state index contributed by atoms with van der Waals surface area (Å²) in [4.78, 5) is 18.2. The van der Waals surface area contributed by atoms with Crippen LogP contribution < -0.4 is 19.9 Å². The summed E-state index contributed by atoms with van der Waals surface area (Å²) in [6.45, 7) is 0. The van der Waals surface area contributed by atoms with Gasteiger partial charge in [-0.15, -0.1) is 0 Å². The summed E-state index contributed by atoms with van der Waals surface area (Å²) in [6, 6.07) is 19.5. The average Bonchev–Trinajstić information content (AvgIpc) is 2.78. The molecule has 3 aromatic rings. The first kappa shape index (κ1) is 18.2. The Balaban J connectivity index is 1.84. The average molecular weight is 396 g/mol. The standard InChI is InChI=1S/C25H20N2O3/c1-27(2)25(28)30-22-12-6-4-9-19(22)24-23-17(16-8-3-5-11-21(16)29-24)13-14-20-18(23)10-7-15-26-20/h3-6,8-15H,7H2,1-2H3. The molecule has 3 aromatic carbocycles. The van der Waals surface area contributed by atoms with E-state index >= 15 is 0 Å². The molecule has 30 heavy (non-hydrogen) atoms. The predicted molar refractivity (Wildman–Crippen MR) is 118 cm³/mol. The molecule has 2 aliphatic heterocycles. The van der Waals surface area contributed by atoms with Crippen molar-refractivity contribution >= 4 is 29.8 Å². The van der Waals surface area contributed by atoms with Crippen LogP contribution in [0.5, 0.6) is 11.5 Å². The molecule has 5 heteroatoms. The zero-order valence-electron chi connectivity index (χ0n) is 16.8. The normalized spacial score (nSPS) is 13.3. The Labute approximate surface area is 174 Å². The van der Waals surface area contributed by atoms with Gasteiger partial charge >= 0.3 is 6.09 Å². The number of amides is 1. The fourth-order valence-corrected chi connectivity index (χ4v) is 3.78. The largest absolute Gasteiger partial charge is 0.455 e. The molecule has 0 atom stereocenters. The van der Waals surface area contributed by atoms with Crippen molar-refractivity contribution in [1.29, 1.82) is 0 Å². The van der Waals surface area contributed by atoms with Crippen molar-refractivity contribution in [3.05, 3.63) is 76.7 Å². The molecule has 0 radical (unpaired) electrons. The Kier molecular flexibility index (Phi) is 4.36. The maximum absolute atomic E-state index is 12.3. The molecule has 0 bridgehead atoms. The summed E-state index contributed by atoms with van der Waals surface area (Å²) in [5.74, 6) is 1.89. The van der Waals surface area contributed by atoms with Crippen molar-refractivity contribution in [1.82, 2.24) is 4.90 Å². The molecular formula is C25H20N2O3. The number of hydrogen-bond donors (Lipinski definition) is 0. The van der Waals surface area contributed by atoms with Crippen LogP contribution in [-0.2, 0) is 0 Å². The van der Waals surface area contributed by atoms with E-state index in [2.05, 4.69) is 23.2 Å². The van der Waals surface area contributed by atoms with Gasteiger partial charge in [-0.3, -0.25) is 4.99 Å². The van der Waals surface area contributed by atoms with Gasteiger partial charge in [-0.25, -0.2) is 4.79 Å². The zero-order chi connectivity index (χ0) is 20.7. The summed E-state index contributed by atoms with van der Waals surface area (Å²) in [6.07, 6.45) is 4.38. The van der Waals surface area contributed by atoms with Crippen molar-refractivity contribution in [2.75, 3.05) is 14.1 Å². The van der Waals surface area contributed by atoms with Gasteiger partial charge in [-0.1, -0.05) is 42.5 Å². The van der Waals surface area contributed by atoms with Gasteiger partial charge in [0.2, 0.25) is 0 Å². The maximum Gasteiger partial charge on any atom is 0.414 e. The quantitative estimate of drug-likeness (QED) is 0.661. The summed E-state index contributed by atoms with van der Waals surface area (Å²) < 4.78 is 12.1. The molecule has 0 aromatic heterocycles. The highest BCUT2D eigenvalue weighted by atomic mass is 16.6. The van der Waals surface area contributed by atoms with Crippen LogP contribution in [0.2, 0.25) is 0 Å². The Hall–Kier alpha value is -3.86. The third-order valence-electron chi connectivity index (χ3n) is 5.19. The fraction of sp³-hybridized carbons (Fsp3) is 0.120. The monoisotopic (exact) mass is 396 g/mol. The van der Waals surface area contributed by atoms with Crippen LogP contribution in [0.1, 0.15) is 12.0 Å². The summed E-state index contributed by atoms with van der Waals surface area (Å²) in [5.41, 5.74) is 3.74. The minimum absolute atomic E-state index is 0.439. The van der Waals surface area contributed by atoms with Gasteiger partial charge in [-0.05, 0) is 29.8 Å². The maximum atomic E-state index is 12.3. The third kappa shape index (κ3) is 2.95. The number of nitrogens with zero attached hydrogens (tertiary/aromatic N) is 2. The zero-order valence-corrected chi connectivity index (χ0v) is 16.8. The number of ether oxygens (including phenoxy) is 2. The molecular weight excluding hydrogens is 376 g/mol. The molecule has 0 fully saturated rings. The lowest BCUT2D eigenvalue weighted by Gasteiger charge is -2.23. The molecule has 148 valence electrons. The van der Waals surface area contributed by atoms with E-state index in [1.165, 1.54) is 4.90 Å². The fourth-order valence-electron chi connectivity index (χ4n) is 3.78. The number of rotatable bonds is 2. The number of aliphatic imine (C=N–C) groups is 1.